The molecular formula is C10H5Cl2FN4O. The van der Waals surface area contributed by atoms with E-state index in [0.29, 0.717) is 0 Å². The van der Waals surface area contributed by atoms with Crippen molar-refractivity contribution >= 4 is 34.8 Å². The number of aromatic nitrogens is 3. The maximum atomic E-state index is 13.3. The molecule has 2 aromatic heterocycles. The number of carbonyl (C=O) groups excluding carboxylic acids is 1. The fourth-order valence-electron chi connectivity index (χ4n) is 1.18. The Labute approximate surface area is 111 Å². The van der Waals surface area contributed by atoms with Gasteiger partial charge in [-0.2, -0.15) is 4.39 Å². The van der Waals surface area contributed by atoms with E-state index in [-0.39, 0.29) is 21.6 Å². The van der Waals surface area contributed by atoms with Gasteiger partial charge in [0.15, 0.2) is 10.3 Å². The lowest BCUT2D eigenvalue weighted by atomic mass is 10.2. The van der Waals surface area contributed by atoms with Gasteiger partial charge < -0.3 is 5.32 Å². The number of amides is 1. The minimum atomic E-state index is -0.890. The first-order valence-electron chi connectivity index (χ1n) is 4.67. The highest BCUT2D eigenvalue weighted by molar-refractivity contribution is 6.38. The van der Waals surface area contributed by atoms with Crippen molar-refractivity contribution in [3.63, 3.8) is 0 Å². The number of carbonyl (C=O) groups is 1. The molecule has 8 heteroatoms. The Balaban J connectivity index is 2.30. The second-order valence-corrected chi connectivity index (χ2v) is 3.84. The Kier molecular flexibility index (Phi) is 3.69. The van der Waals surface area contributed by atoms with Crippen LogP contribution in [0.2, 0.25) is 10.3 Å². The molecule has 0 aliphatic rings. The molecular weight excluding hydrogens is 282 g/mol. The molecule has 1 amide bonds. The van der Waals surface area contributed by atoms with E-state index in [2.05, 4.69) is 20.3 Å². The lowest BCUT2D eigenvalue weighted by Crippen LogP contribution is -2.15. The summed E-state index contributed by atoms with van der Waals surface area (Å²) in [7, 11) is 0. The van der Waals surface area contributed by atoms with Crippen molar-refractivity contribution in [3.05, 3.63) is 46.5 Å². The van der Waals surface area contributed by atoms with Gasteiger partial charge in [-0.25, -0.2) is 15.0 Å². The van der Waals surface area contributed by atoms with Crippen molar-refractivity contribution in [1.29, 1.82) is 0 Å². The van der Waals surface area contributed by atoms with E-state index in [0.717, 1.165) is 6.33 Å². The molecule has 0 aliphatic carbocycles. The summed E-state index contributed by atoms with van der Waals surface area (Å²) < 4.78 is 13.3. The van der Waals surface area contributed by atoms with Crippen molar-refractivity contribution in [2.24, 2.45) is 0 Å². The molecule has 0 saturated heterocycles. The predicted molar refractivity (Wildman–Crippen MR) is 64.2 cm³/mol. The van der Waals surface area contributed by atoms with Crippen molar-refractivity contribution in [3.8, 4) is 0 Å². The lowest BCUT2D eigenvalue weighted by molar-refractivity contribution is 0.102. The monoisotopic (exact) mass is 286 g/mol. The van der Waals surface area contributed by atoms with Crippen molar-refractivity contribution < 1.29 is 9.18 Å². The Bertz CT molecular complexity index is 588. The third kappa shape index (κ3) is 2.55. The third-order valence-electron chi connectivity index (χ3n) is 2.00. The summed E-state index contributed by atoms with van der Waals surface area (Å²) in [6, 6.07) is 2.71. The Morgan fingerprint density at radius 3 is 2.50 bits per heavy atom. The second kappa shape index (κ2) is 5.24. The van der Waals surface area contributed by atoms with Gasteiger partial charge in [0.05, 0.1) is 5.56 Å². The molecule has 0 spiro atoms. The highest BCUT2D eigenvalue weighted by Gasteiger charge is 2.16. The van der Waals surface area contributed by atoms with E-state index in [1.165, 1.54) is 18.3 Å². The van der Waals surface area contributed by atoms with E-state index in [1.807, 2.05) is 0 Å². The van der Waals surface area contributed by atoms with Gasteiger partial charge in [0.2, 0.25) is 5.95 Å². The van der Waals surface area contributed by atoms with Crippen LogP contribution in [0.4, 0.5) is 10.1 Å². The van der Waals surface area contributed by atoms with Crippen LogP contribution < -0.4 is 5.32 Å². The lowest BCUT2D eigenvalue weighted by Gasteiger charge is -2.07. The van der Waals surface area contributed by atoms with Crippen LogP contribution in [0.5, 0.6) is 0 Å². The number of rotatable bonds is 2. The molecule has 0 aromatic carbocycles. The van der Waals surface area contributed by atoms with Gasteiger partial charge in [-0.15, -0.1) is 0 Å². The number of pyridine rings is 1. The maximum Gasteiger partial charge on any atom is 0.260 e. The molecule has 0 saturated carbocycles. The first-order chi connectivity index (χ1) is 8.59. The molecule has 2 aromatic rings. The van der Waals surface area contributed by atoms with Crippen LogP contribution in [-0.4, -0.2) is 20.9 Å². The summed E-state index contributed by atoms with van der Waals surface area (Å²) in [5.41, 5.74) is -0.206. The Morgan fingerprint density at radius 2 is 1.89 bits per heavy atom. The summed E-state index contributed by atoms with van der Waals surface area (Å²) >= 11 is 11.5. The zero-order valence-electron chi connectivity index (χ0n) is 8.69. The van der Waals surface area contributed by atoms with Crippen LogP contribution in [0.1, 0.15) is 10.4 Å². The van der Waals surface area contributed by atoms with Gasteiger partial charge in [-0.1, -0.05) is 23.2 Å². The molecule has 0 bridgehead atoms. The quantitative estimate of drug-likeness (QED) is 0.681. The number of halogens is 3. The van der Waals surface area contributed by atoms with Gasteiger partial charge >= 0.3 is 0 Å². The number of nitrogens with one attached hydrogen (secondary N) is 1. The standard InChI is InChI=1S/C10H5Cl2FN4O/c11-7-6(8(12)16-4-15-7)17-10(18)5-2-1-3-14-9(5)13/h1-4H,(H,17,18). The molecule has 0 aliphatic heterocycles. The van der Waals surface area contributed by atoms with E-state index >= 15 is 0 Å². The Morgan fingerprint density at radius 1 is 1.22 bits per heavy atom. The highest BCUT2D eigenvalue weighted by atomic mass is 35.5. The van der Waals surface area contributed by atoms with Crippen LogP contribution in [0.15, 0.2) is 24.7 Å². The summed E-state index contributed by atoms with van der Waals surface area (Å²) in [6.45, 7) is 0. The molecule has 5 nitrogen and oxygen atoms in total. The number of anilines is 1. The number of nitrogens with zero attached hydrogens (tertiary/aromatic N) is 3. The largest absolute Gasteiger partial charge is 0.317 e. The summed E-state index contributed by atoms with van der Waals surface area (Å²) in [6.07, 6.45) is 2.38. The minimum Gasteiger partial charge on any atom is -0.317 e. The van der Waals surface area contributed by atoms with Crippen LogP contribution in [-0.2, 0) is 0 Å². The molecule has 0 radical (unpaired) electrons. The van der Waals surface area contributed by atoms with E-state index in [4.69, 9.17) is 23.2 Å². The topological polar surface area (TPSA) is 67.8 Å². The van der Waals surface area contributed by atoms with E-state index < -0.39 is 11.9 Å². The molecule has 2 heterocycles. The fraction of sp³-hybridized carbons (Fsp3) is 0. The third-order valence-corrected chi connectivity index (χ3v) is 2.57. The van der Waals surface area contributed by atoms with Crippen molar-refractivity contribution in [2.45, 2.75) is 0 Å². The molecule has 92 valence electrons. The van der Waals surface area contributed by atoms with Crippen LogP contribution in [0.3, 0.4) is 0 Å². The normalized spacial score (nSPS) is 10.2. The molecule has 0 atom stereocenters. The first kappa shape index (κ1) is 12.7. The molecule has 0 fully saturated rings. The molecule has 0 unspecified atom stereocenters. The van der Waals surface area contributed by atoms with E-state index in [1.54, 1.807) is 0 Å². The van der Waals surface area contributed by atoms with Gasteiger partial charge in [-0.05, 0) is 12.1 Å². The van der Waals surface area contributed by atoms with E-state index in [9.17, 15) is 9.18 Å². The zero-order valence-corrected chi connectivity index (χ0v) is 10.2. The van der Waals surface area contributed by atoms with Gasteiger partial charge in [0, 0.05) is 6.20 Å². The number of hydrogen-bond acceptors (Lipinski definition) is 4. The average molecular weight is 287 g/mol. The number of hydrogen-bond donors (Lipinski definition) is 1. The second-order valence-electron chi connectivity index (χ2n) is 3.13. The van der Waals surface area contributed by atoms with Crippen molar-refractivity contribution in [1.82, 2.24) is 15.0 Å². The van der Waals surface area contributed by atoms with Crippen LogP contribution >= 0.6 is 23.2 Å². The SMILES string of the molecule is O=C(Nc1c(Cl)ncnc1Cl)c1cccnc1F. The fourth-order valence-corrected chi connectivity index (χ4v) is 1.59. The smallest absolute Gasteiger partial charge is 0.260 e. The van der Waals surface area contributed by atoms with Crippen molar-refractivity contribution in [2.75, 3.05) is 5.32 Å². The maximum absolute atomic E-state index is 13.3. The summed E-state index contributed by atoms with van der Waals surface area (Å²) in [5.74, 6) is -1.63. The first-order valence-corrected chi connectivity index (χ1v) is 5.43. The van der Waals surface area contributed by atoms with Crippen LogP contribution in [0.25, 0.3) is 0 Å². The van der Waals surface area contributed by atoms with Gasteiger partial charge in [0.1, 0.15) is 12.0 Å². The summed E-state index contributed by atoms with van der Waals surface area (Å²) in [5, 5.41) is 2.26. The molecule has 1 N–H and O–H groups in total. The average Bonchev–Trinajstić information content (AvgIpc) is 2.34. The molecule has 18 heavy (non-hydrogen) atoms. The Hall–Kier alpha value is -1.79. The highest BCUT2D eigenvalue weighted by Crippen LogP contribution is 2.26. The zero-order chi connectivity index (χ0) is 13.1. The van der Waals surface area contributed by atoms with Gasteiger partial charge in [-0.3, -0.25) is 4.79 Å². The predicted octanol–water partition coefficient (Wildman–Crippen LogP) is 2.57. The molecule has 2 rings (SSSR count). The van der Waals surface area contributed by atoms with Gasteiger partial charge in [0.25, 0.3) is 5.91 Å². The van der Waals surface area contributed by atoms with Crippen LogP contribution in [0, 0.1) is 5.95 Å². The minimum absolute atomic E-state index is 0.0223. The summed E-state index contributed by atoms with van der Waals surface area (Å²) in [4.78, 5) is 22.4.